The highest BCUT2D eigenvalue weighted by Crippen LogP contribution is 2.19. The molecule has 0 spiro atoms. The van der Waals surface area contributed by atoms with E-state index in [1.807, 2.05) is 0 Å². The van der Waals surface area contributed by atoms with E-state index in [-0.39, 0.29) is 5.91 Å². The highest BCUT2D eigenvalue weighted by Gasteiger charge is 2.22. The standard InChI is InChI=1S/C15H22N2O/c1-11-5-3-4-6-14(11)12(2)16-10-9-15(18)17-13-7-8-13/h3-6,12-13,16H,7-10H2,1-2H3,(H,17,18). The molecule has 0 heterocycles. The minimum atomic E-state index is 0.169. The van der Waals surface area contributed by atoms with E-state index in [0.717, 1.165) is 19.4 Å². The van der Waals surface area contributed by atoms with Crippen LogP contribution in [0.25, 0.3) is 0 Å². The number of rotatable bonds is 6. The molecule has 3 heteroatoms. The van der Waals surface area contributed by atoms with E-state index < -0.39 is 0 Å². The van der Waals surface area contributed by atoms with E-state index in [9.17, 15) is 4.79 Å². The molecule has 1 saturated carbocycles. The Morgan fingerprint density at radius 1 is 1.39 bits per heavy atom. The van der Waals surface area contributed by atoms with Crippen LogP contribution in [0.3, 0.4) is 0 Å². The second-order valence-electron chi connectivity index (χ2n) is 5.12. The third-order valence-electron chi connectivity index (χ3n) is 3.40. The van der Waals surface area contributed by atoms with Gasteiger partial charge < -0.3 is 10.6 Å². The van der Waals surface area contributed by atoms with Crippen molar-refractivity contribution < 1.29 is 4.79 Å². The van der Waals surface area contributed by atoms with Gasteiger partial charge in [0, 0.05) is 25.0 Å². The topological polar surface area (TPSA) is 41.1 Å². The summed E-state index contributed by atoms with van der Waals surface area (Å²) >= 11 is 0. The number of amides is 1. The van der Waals surface area contributed by atoms with Gasteiger partial charge in [-0.2, -0.15) is 0 Å². The molecule has 0 saturated heterocycles. The van der Waals surface area contributed by atoms with Crippen LogP contribution in [0.5, 0.6) is 0 Å². The molecule has 2 N–H and O–H groups in total. The molecule has 1 unspecified atom stereocenters. The number of hydrogen-bond donors (Lipinski definition) is 2. The second-order valence-corrected chi connectivity index (χ2v) is 5.12. The fraction of sp³-hybridized carbons (Fsp3) is 0.533. The average molecular weight is 246 g/mol. The maximum absolute atomic E-state index is 11.5. The van der Waals surface area contributed by atoms with Crippen LogP contribution in [0.1, 0.15) is 43.4 Å². The first-order chi connectivity index (χ1) is 8.66. The smallest absolute Gasteiger partial charge is 0.221 e. The van der Waals surface area contributed by atoms with E-state index in [1.165, 1.54) is 11.1 Å². The van der Waals surface area contributed by atoms with Crippen molar-refractivity contribution in [3.63, 3.8) is 0 Å². The van der Waals surface area contributed by atoms with Crippen molar-refractivity contribution in [1.29, 1.82) is 0 Å². The first kappa shape index (κ1) is 13.1. The van der Waals surface area contributed by atoms with E-state index in [0.29, 0.717) is 18.5 Å². The summed E-state index contributed by atoms with van der Waals surface area (Å²) in [6.45, 7) is 4.99. The zero-order valence-electron chi connectivity index (χ0n) is 11.2. The van der Waals surface area contributed by atoms with Crippen molar-refractivity contribution in [3.05, 3.63) is 35.4 Å². The molecule has 1 aromatic rings. The predicted octanol–water partition coefficient (Wildman–Crippen LogP) is 2.31. The van der Waals surface area contributed by atoms with Crippen molar-refractivity contribution in [2.24, 2.45) is 0 Å². The zero-order valence-corrected chi connectivity index (χ0v) is 11.2. The molecule has 1 aliphatic rings. The van der Waals surface area contributed by atoms with Crippen LogP contribution in [0.15, 0.2) is 24.3 Å². The Kier molecular flexibility index (Phi) is 4.37. The molecule has 1 fully saturated rings. The Labute approximate surface area is 109 Å². The predicted molar refractivity (Wildman–Crippen MR) is 73.4 cm³/mol. The zero-order chi connectivity index (χ0) is 13.0. The van der Waals surface area contributed by atoms with Crippen LogP contribution < -0.4 is 10.6 Å². The first-order valence-corrected chi connectivity index (χ1v) is 6.75. The van der Waals surface area contributed by atoms with Crippen LogP contribution in [0.2, 0.25) is 0 Å². The van der Waals surface area contributed by atoms with Crippen molar-refractivity contribution >= 4 is 5.91 Å². The van der Waals surface area contributed by atoms with Crippen LogP contribution in [-0.4, -0.2) is 18.5 Å². The molecule has 2 rings (SSSR count). The fourth-order valence-corrected chi connectivity index (χ4v) is 2.11. The van der Waals surface area contributed by atoms with E-state index in [1.54, 1.807) is 0 Å². The van der Waals surface area contributed by atoms with Gasteiger partial charge in [0.25, 0.3) is 0 Å². The molecule has 3 nitrogen and oxygen atoms in total. The lowest BCUT2D eigenvalue weighted by Crippen LogP contribution is -2.30. The molecule has 0 radical (unpaired) electrons. The van der Waals surface area contributed by atoms with Crippen molar-refractivity contribution in [2.75, 3.05) is 6.54 Å². The number of hydrogen-bond acceptors (Lipinski definition) is 2. The SMILES string of the molecule is Cc1ccccc1C(C)NCCC(=O)NC1CC1. The first-order valence-electron chi connectivity index (χ1n) is 6.75. The molecule has 1 aliphatic carbocycles. The highest BCUT2D eigenvalue weighted by molar-refractivity contribution is 5.76. The lowest BCUT2D eigenvalue weighted by Gasteiger charge is -2.16. The summed E-state index contributed by atoms with van der Waals surface area (Å²) in [5, 5.41) is 6.40. The summed E-state index contributed by atoms with van der Waals surface area (Å²) in [6, 6.07) is 9.12. The molecule has 1 aromatic carbocycles. The summed E-state index contributed by atoms with van der Waals surface area (Å²) in [6.07, 6.45) is 2.87. The Bertz CT molecular complexity index is 413. The lowest BCUT2D eigenvalue weighted by molar-refractivity contribution is -0.121. The van der Waals surface area contributed by atoms with Crippen LogP contribution in [0, 0.1) is 6.92 Å². The van der Waals surface area contributed by atoms with Gasteiger partial charge in [-0.25, -0.2) is 0 Å². The normalized spacial score (nSPS) is 16.3. The monoisotopic (exact) mass is 246 g/mol. The molecule has 18 heavy (non-hydrogen) atoms. The van der Waals surface area contributed by atoms with Gasteiger partial charge in [-0.05, 0) is 37.8 Å². The van der Waals surface area contributed by atoms with E-state index in [2.05, 4.69) is 48.7 Å². The van der Waals surface area contributed by atoms with Crippen molar-refractivity contribution in [1.82, 2.24) is 10.6 Å². The van der Waals surface area contributed by atoms with Gasteiger partial charge >= 0.3 is 0 Å². The van der Waals surface area contributed by atoms with Gasteiger partial charge in [-0.1, -0.05) is 24.3 Å². The Hall–Kier alpha value is -1.35. The largest absolute Gasteiger partial charge is 0.353 e. The van der Waals surface area contributed by atoms with E-state index in [4.69, 9.17) is 0 Å². The highest BCUT2D eigenvalue weighted by atomic mass is 16.1. The molecular weight excluding hydrogens is 224 g/mol. The third-order valence-corrected chi connectivity index (χ3v) is 3.40. The van der Waals surface area contributed by atoms with Gasteiger partial charge in [0.1, 0.15) is 0 Å². The number of carbonyl (C=O) groups excluding carboxylic acids is 1. The molecule has 0 aliphatic heterocycles. The number of nitrogens with one attached hydrogen (secondary N) is 2. The van der Waals surface area contributed by atoms with Gasteiger partial charge in [0.15, 0.2) is 0 Å². The van der Waals surface area contributed by atoms with Crippen LogP contribution in [0.4, 0.5) is 0 Å². The van der Waals surface area contributed by atoms with Crippen molar-refractivity contribution in [3.8, 4) is 0 Å². The fourth-order valence-electron chi connectivity index (χ4n) is 2.11. The molecule has 1 atom stereocenters. The number of carbonyl (C=O) groups is 1. The minimum Gasteiger partial charge on any atom is -0.353 e. The van der Waals surface area contributed by atoms with Crippen molar-refractivity contribution in [2.45, 2.75) is 45.2 Å². The van der Waals surface area contributed by atoms with Gasteiger partial charge in [-0.15, -0.1) is 0 Å². The summed E-state index contributed by atoms with van der Waals surface area (Å²) in [4.78, 5) is 11.5. The second kappa shape index (κ2) is 6.01. The lowest BCUT2D eigenvalue weighted by atomic mass is 10.0. The molecular formula is C15H22N2O. The number of aryl methyl sites for hydroxylation is 1. The van der Waals surface area contributed by atoms with E-state index >= 15 is 0 Å². The summed E-state index contributed by atoms with van der Waals surface area (Å²) in [5.74, 6) is 0.169. The Morgan fingerprint density at radius 2 is 2.11 bits per heavy atom. The Morgan fingerprint density at radius 3 is 2.78 bits per heavy atom. The van der Waals surface area contributed by atoms with Crippen LogP contribution in [-0.2, 0) is 4.79 Å². The van der Waals surface area contributed by atoms with Crippen LogP contribution >= 0.6 is 0 Å². The quantitative estimate of drug-likeness (QED) is 0.808. The minimum absolute atomic E-state index is 0.169. The van der Waals surface area contributed by atoms with Gasteiger partial charge in [0.2, 0.25) is 5.91 Å². The third kappa shape index (κ3) is 3.84. The molecule has 0 bridgehead atoms. The average Bonchev–Trinajstić information content (AvgIpc) is 3.13. The molecule has 0 aromatic heterocycles. The molecule has 98 valence electrons. The van der Waals surface area contributed by atoms with Gasteiger partial charge in [-0.3, -0.25) is 4.79 Å². The maximum atomic E-state index is 11.5. The summed E-state index contributed by atoms with van der Waals surface area (Å²) in [5.41, 5.74) is 2.60. The van der Waals surface area contributed by atoms with Gasteiger partial charge in [0.05, 0.1) is 0 Å². The maximum Gasteiger partial charge on any atom is 0.221 e. The number of benzene rings is 1. The molecule has 1 amide bonds. The Balaban J connectivity index is 1.72. The summed E-state index contributed by atoms with van der Waals surface area (Å²) in [7, 11) is 0. The summed E-state index contributed by atoms with van der Waals surface area (Å²) < 4.78 is 0.